The molecular weight excluding hydrogens is 937 g/mol. The Kier molecular flexibility index (Phi) is 9.04. The summed E-state index contributed by atoms with van der Waals surface area (Å²) >= 11 is 0. The van der Waals surface area contributed by atoms with Crippen LogP contribution in [0.15, 0.2) is 247 Å². The summed E-state index contributed by atoms with van der Waals surface area (Å²) < 4.78 is 14.9. The van der Waals surface area contributed by atoms with Crippen LogP contribution in [0, 0.1) is 0 Å². The van der Waals surface area contributed by atoms with Gasteiger partial charge in [-0.15, -0.1) is 0 Å². The SMILES string of the molecule is CC1(C)c2ccccc2-c2cc(N(c3ccc4c(c3)Oc3c(oc5ccc(N(c6ccccc6)c6cccc7ccccc67)cc35)C43c4ccccc4-c4ccccc43)c3ccc4c(c3)C(C)(C)c3ccccc3-4)ccc21. The molecule has 0 fully saturated rings. The monoisotopic (exact) mass is 988 g/mol. The van der Waals surface area contributed by atoms with Crippen molar-refractivity contribution >= 4 is 55.9 Å². The molecule has 11 aromatic carbocycles. The van der Waals surface area contributed by atoms with E-state index in [2.05, 4.69) is 280 Å². The third kappa shape index (κ3) is 5.98. The lowest BCUT2D eigenvalue weighted by Crippen LogP contribution is -2.31. The summed E-state index contributed by atoms with van der Waals surface area (Å²) in [5, 5.41) is 3.26. The van der Waals surface area contributed by atoms with Gasteiger partial charge in [-0.2, -0.15) is 0 Å². The number of para-hydroxylation sites is 1. The van der Waals surface area contributed by atoms with E-state index in [0.717, 1.165) is 67.9 Å². The van der Waals surface area contributed by atoms with Crippen molar-refractivity contribution in [2.75, 3.05) is 9.80 Å². The molecule has 0 radical (unpaired) electrons. The second kappa shape index (κ2) is 15.8. The van der Waals surface area contributed by atoms with Gasteiger partial charge in [0.1, 0.15) is 16.7 Å². The Labute approximate surface area is 448 Å². The van der Waals surface area contributed by atoms with Crippen molar-refractivity contribution in [2.45, 2.75) is 43.9 Å². The predicted octanol–water partition coefficient (Wildman–Crippen LogP) is 19.6. The molecule has 1 spiro atoms. The van der Waals surface area contributed by atoms with E-state index in [9.17, 15) is 0 Å². The molecule has 3 aliphatic carbocycles. The van der Waals surface area contributed by atoms with Gasteiger partial charge in [0.05, 0.1) is 11.1 Å². The van der Waals surface area contributed by atoms with Gasteiger partial charge in [-0.3, -0.25) is 0 Å². The number of anilines is 6. The lowest BCUT2D eigenvalue weighted by Gasteiger charge is -2.37. The number of nitrogens with zero attached hydrogens (tertiary/aromatic N) is 2. The molecule has 366 valence electrons. The fraction of sp³-hybridized carbons (Fsp3) is 0.0959. The van der Waals surface area contributed by atoms with E-state index in [-0.39, 0.29) is 10.8 Å². The summed E-state index contributed by atoms with van der Waals surface area (Å²) in [5.41, 5.74) is 22.3. The van der Waals surface area contributed by atoms with Crippen LogP contribution in [0.4, 0.5) is 34.1 Å². The topological polar surface area (TPSA) is 28.9 Å². The first-order valence-corrected chi connectivity index (χ1v) is 26.9. The van der Waals surface area contributed by atoms with Crippen LogP contribution in [-0.2, 0) is 16.2 Å². The second-order valence-electron chi connectivity index (χ2n) is 22.4. The van der Waals surface area contributed by atoms with E-state index in [1.54, 1.807) is 0 Å². The predicted molar refractivity (Wildman–Crippen MR) is 316 cm³/mol. The maximum Gasteiger partial charge on any atom is 0.178 e. The van der Waals surface area contributed by atoms with Crippen molar-refractivity contribution in [3.63, 3.8) is 0 Å². The van der Waals surface area contributed by atoms with Crippen LogP contribution in [0.3, 0.4) is 0 Å². The van der Waals surface area contributed by atoms with E-state index in [1.165, 1.54) is 77.5 Å². The molecule has 0 saturated carbocycles. The van der Waals surface area contributed by atoms with Crippen molar-refractivity contribution < 1.29 is 9.15 Å². The molecule has 77 heavy (non-hydrogen) atoms. The van der Waals surface area contributed by atoms with Gasteiger partial charge < -0.3 is 19.0 Å². The molecule has 4 aliphatic rings. The van der Waals surface area contributed by atoms with Gasteiger partial charge in [0.2, 0.25) is 0 Å². The number of rotatable bonds is 6. The Morgan fingerprint density at radius 1 is 0.325 bits per heavy atom. The fourth-order valence-electron chi connectivity index (χ4n) is 14.1. The highest BCUT2D eigenvalue weighted by Gasteiger charge is 2.54. The maximum atomic E-state index is 7.58. The Morgan fingerprint density at radius 3 is 1.56 bits per heavy atom. The highest BCUT2D eigenvalue weighted by atomic mass is 16.5. The zero-order valence-corrected chi connectivity index (χ0v) is 43.3. The number of furan rings is 1. The highest BCUT2D eigenvalue weighted by Crippen LogP contribution is 2.65. The molecule has 0 unspecified atom stereocenters. The van der Waals surface area contributed by atoms with Gasteiger partial charge in [0.15, 0.2) is 11.5 Å². The summed E-state index contributed by atoms with van der Waals surface area (Å²) in [6.07, 6.45) is 0. The standard InChI is InChI=1S/C73H52N2O2/c1-71(2)60-29-15-11-27-55(60)57-41-47(34-38-61(57)71)74(49-33-37-56-52-24-10-14-28-59(52)72(3,4)65(56)43-49)50-35-39-64-68(44-50)76-69-58-42-48(75(46-21-6-5-7-22-46)66-32-18-20-45-19-8-9-23-51(45)66)36-40-67(58)77-70(69)73(64)62-30-16-12-25-53(62)54-26-13-17-31-63(54)73/h5-44H,1-4H3. The van der Waals surface area contributed by atoms with Crippen molar-refractivity contribution in [1.82, 2.24) is 0 Å². The summed E-state index contributed by atoms with van der Waals surface area (Å²) in [7, 11) is 0. The normalized spacial score (nSPS) is 14.9. The Bertz CT molecular complexity index is 4410. The molecule has 1 aromatic heterocycles. The van der Waals surface area contributed by atoms with Crippen molar-refractivity contribution in [3.8, 4) is 44.9 Å². The third-order valence-corrected chi connectivity index (χ3v) is 17.7. The van der Waals surface area contributed by atoms with Crippen LogP contribution in [-0.4, -0.2) is 0 Å². The van der Waals surface area contributed by atoms with E-state index in [0.29, 0.717) is 0 Å². The van der Waals surface area contributed by atoms with Gasteiger partial charge in [0.25, 0.3) is 0 Å². The lowest BCUT2D eigenvalue weighted by atomic mass is 9.69. The second-order valence-corrected chi connectivity index (χ2v) is 22.4. The van der Waals surface area contributed by atoms with Crippen molar-refractivity contribution in [3.05, 3.63) is 287 Å². The number of hydrogen-bond donors (Lipinski definition) is 0. The van der Waals surface area contributed by atoms with Gasteiger partial charge in [-0.25, -0.2) is 0 Å². The minimum Gasteiger partial charge on any atom is -0.455 e. The van der Waals surface area contributed by atoms with E-state index >= 15 is 0 Å². The Morgan fingerprint density at radius 2 is 0.831 bits per heavy atom. The minimum atomic E-state index is -0.820. The van der Waals surface area contributed by atoms with E-state index in [1.807, 2.05) is 0 Å². The Balaban J connectivity index is 0.936. The van der Waals surface area contributed by atoms with E-state index in [4.69, 9.17) is 9.15 Å². The molecule has 0 amide bonds. The molecule has 0 N–H and O–H groups in total. The molecule has 0 bridgehead atoms. The molecule has 1 aliphatic heterocycles. The molecule has 16 rings (SSSR count). The number of hydrogen-bond acceptors (Lipinski definition) is 4. The van der Waals surface area contributed by atoms with E-state index < -0.39 is 5.41 Å². The Hall–Kier alpha value is -9.38. The summed E-state index contributed by atoms with van der Waals surface area (Å²) in [6.45, 7) is 9.43. The van der Waals surface area contributed by atoms with Crippen molar-refractivity contribution in [1.29, 1.82) is 0 Å². The van der Waals surface area contributed by atoms with Crippen LogP contribution < -0.4 is 14.5 Å². The average Bonchev–Trinajstić information content (AvgIpc) is 4.22. The smallest absolute Gasteiger partial charge is 0.178 e. The molecule has 2 heterocycles. The van der Waals surface area contributed by atoms with Crippen LogP contribution in [0.5, 0.6) is 11.5 Å². The molecule has 0 atom stereocenters. The first-order chi connectivity index (χ1) is 37.7. The molecule has 4 heteroatoms. The van der Waals surface area contributed by atoms with Gasteiger partial charge in [0, 0.05) is 56.3 Å². The zero-order chi connectivity index (χ0) is 51.4. The van der Waals surface area contributed by atoms with Crippen LogP contribution in [0.1, 0.15) is 72.4 Å². The van der Waals surface area contributed by atoms with Crippen LogP contribution >= 0.6 is 0 Å². The third-order valence-electron chi connectivity index (χ3n) is 17.7. The minimum absolute atomic E-state index is 0.127. The first kappa shape index (κ1) is 44.0. The van der Waals surface area contributed by atoms with Crippen molar-refractivity contribution in [2.24, 2.45) is 0 Å². The maximum absolute atomic E-state index is 7.58. The summed E-state index contributed by atoms with van der Waals surface area (Å²) in [5.74, 6) is 2.30. The molecule has 4 nitrogen and oxygen atoms in total. The average molecular weight is 989 g/mol. The number of fused-ring (bicyclic) bond motifs is 18. The largest absolute Gasteiger partial charge is 0.455 e. The van der Waals surface area contributed by atoms with Gasteiger partial charge >= 0.3 is 0 Å². The van der Waals surface area contributed by atoms with Crippen LogP contribution in [0.25, 0.3) is 55.1 Å². The fourth-order valence-corrected chi connectivity index (χ4v) is 14.1. The molecular formula is C73H52N2O2. The highest BCUT2D eigenvalue weighted by molar-refractivity contribution is 6.02. The summed E-state index contributed by atoms with van der Waals surface area (Å²) in [6, 6.07) is 89.1. The molecule has 0 saturated heterocycles. The lowest BCUT2D eigenvalue weighted by molar-refractivity contribution is 0.389. The quantitative estimate of drug-likeness (QED) is 0.166. The first-order valence-electron chi connectivity index (χ1n) is 26.9. The van der Waals surface area contributed by atoms with Crippen LogP contribution in [0.2, 0.25) is 0 Å². The number of ether oxygens (including phenoxy) is 1. The van der Waals surface area contributed by atoms with Gasteiger partial charge in [-0.05, 0) is 139 Å². The zero-order valence-electron chi connectivity index (χ0n) is 43.3. The molecule has 12 aromatic rings. The number of benzene rings is 11. The van der Waals surface area contributed by atoms with Gasteiger partial charge in [-0.1, -0.05) is 198 Å². The summed E-state index contributed by atoms with van der Waals surface area (Å²) in [4.78, 5) is 4.81.